The number of hydrogen-bond acceptors (Lipinski definition) is 4. The van der Waals surface area contributed by atoms with Crippen LogP contribution in [0.5, 0.6) is 0 Å². The van der Waals surface area contributed by atoms with E-state index >= 15 is 0 Å². The third-order valence-electron chi connectivity index (χ3n) is 4.20. The van der Waals surface area contributed by atoms with Gasteiger partial charge in [0.05, 0.1) is 22.5 Å². The van der Waals surface area contributed by atoms with Crippen molar-refractivity contribution in [3.8, 4) is 12.1 Å². The fourth-order valence-corrected chi connectivity index (χ4v) is 3.03. The molecular weight excluding hydrogens is 272 g/mol. The summed E-state index contributed by atoms with van der Waals surface area (Å²) in [4.78, 5) is 4.18. The summed E-state index contributed by atoms with van der Waals surface area (Å²) in [5.74, 6) is 0. The first-order valence-corrected chi connectivity index (χ1v) is 7.14. The quantitative estimate of drug-likeness (QED) is 0.803. The highest BCUT2D eigenvalue weighted by atomic mass is 15.4. The Balaban J connectivity index is 2.30. The molecule has 2 aromatic carbocycles. The van der Waals surface area contributed by atoms with E-state index in [4.69, 9.17) is 0 Å². The fraction of sp³-hybridized carbons (Fsp3) is 0.222. The third-order valence-corrected chi connectivity index (χ3v) is 4.20. The van der Waals surface area contributed by atoms with E-state index in [0.29, 0.717) is 11.1 Å². The number of hydrogen-bond donors (Lipinski definition) is 0. The molecule has 0 aliphatic carbocycles. The SMILES string of the molecule is Cc1cccc(N2c3c(C#N)ccc(C#N)c3N(C)[C@@H]2C)c1. The lowest BCUT2D eigenvalue weighted by Gasteiger charge is -2.28. The van der Waals surface area contributed by atoms with Gasteiger partial charge in [-0.2, -0.15) is 10.5 Å². The summed E-state index contributed by atoms with van der Waals surface area (Å²) >= 11 is 0. The van der Waals surface area contributed by atoms with Crippen LogP contribution in [0.1, 0.15) is 23.6 Å². The molecule has 1 aliphatic rings. The average Bonchev–Trinajstić information content (AvgIpc) is 2.79. The van der Waals surface area contributed by atoms with Crippen LogP contribution < -0.4 is 9.80 Å². The molecule has 0 saturated heterocycles. The highest BCUT2D eigenvalue weighted by Gasteiger charge is 2.35. The Morgan fingerprint density at radius 2 is 1.64 bits per heavy atom. The lowest BCUT2D eigenvalue weighted by atomic mass is 10.1. The van der Waals surface area contributed by atoms with Crippen LogP contribution in [0.4, 0.5) is 17.1 Å². The maximum Gasteiger partial charge on any atom is 0.103 e. The lowest BCUT2D eigenvalue weighted by Crippen LogP contribution is -2.35. The van der Waals surface area contributed by atoms with Gasteiger partial charge in [-0.05, 0) is 43.7 Å². The Labute approximate surface area is 130 Å². The van der Waals surface area contributed by atoms with E-state index in [0.717, 1.165) is 22.6 Å². The van der Waals surface area contributed by atoms with Crippen molar-refractivity contribution >= 4 is 17.1 Å². The molecule has 4 heteroatoms. The predicted molar refractivity (Wildman–Crippen MR) is 87.1 cm³/mol. The average molecular weight is 288 g/mol. The topological polar surface area (TPSA) is 54.1 Å². The minimum Gasteiger partial charge on any atom is -0.351 e. The van der Waals surface area contributed by atoms with Crippen LogP contribution in [0.3, 0.4) is 0 Å². The first-order chi connectivity index (χ1) is 10.6. The number of nitrogens with zero attached hydrogens (tertiary/aromatic N) is 4. The van der Waals surface area contributed by atoms with Crippen molar-refractivity contribution in [3.63, 3.8) is 0 Å². The molecule has 108 valence electrons. The Kier molecular flexibility index (Phi) is 3.23. The summed E-state index contributed by atoms with van der Waals surface area (Å²) in [6, 6.07) is 16.1. The van der Waals surface area contributed by atoms with E-state index in [1.54, 1.807) is 12.1 Å². The summed E-state index contributed by atoms with van der Waals surface area (Å²) < 4.78 is 0. The molecule has 1 heterocycles. The zero-order valence-electron chi connectivity index (χ0n) is 12.8. The summed E-state index contributed by atoms with van der Waals surface area (Å²) in [5.41, 5.74) is 5.03. The highest BCUT2D eigenvalue weighted by Crippen LogP contribution is 2.47. The maximum absolute atomic E-state index is 9.48. The smallest absolute Gasteiger partial charge is 0.103 e. The molecule has 22 heavy (non-hydrogen) atoms. The van der Waals surface area contributed by atoms with E-state index in [1.165, 1.54) is 0 Å². The van der Waals surface area contributed by atoms with Gasteiger partial charge in [-0.15, -0.1) is 0 Å². The maximum atomic E-state index is 9.48. The normalized spacial score (nSPS) is 16.1. The van der Waals surface area contributed by atoms with E-state index in [1.807, 2.05) is 32.2 Å². The molecule has 0 fully saturated rings. The second-order valence-electron chi connectivity index (χ2n) is 5.53. The minimum atomic E-state index is 0.0402. The van der Waals surface area contributed by atoms with E-state index in [-0.39, 0.29) is 6.17 Å². The number of fused-ring (bicyclic) bond motifs is 1. The van der Waals surface area contributed by atoms with Crippen molar-refractivity contribution in [1.29, 1.82) is 10.5 Å². The van der Waals surface area contributed by atoms with Gasteiger partial charge in [0.25, 0.3) is 0 Å². The van der Waals surface area contributed by atoms with Gasteiger partial charge in [0, 0.05) is 12.7 Å². The highest BCUT2D eigenvalue weighted by molar-refractivity contribution is 5.91. The molecule has 0 amide bonds. The lowest BCUT2D eigenvalue weighted by molar-refractivity contribution is 0.733. The molecule has 0 bridgehead atoms. The number of benzene rings is 2. The van der Waals surface area contributed by atoms with Crippen LogP contribution in [-0.4, -0.2) is 13.2 Å². The Morgan fingerprint density at radius 1 is 1.00 bits per heavy atom. The van der Waals surface area contributed by atoms with Crippen molar-refractivity contribution in [2.45, 2.75) is 20.0 Å². The summed E-state index contributed by atoms with van der Waals surface area (Å²) in [7, 11) is 1.96. The van der Waals surface area contributed by atoms with E-state index in [9.17, 15) is 10.5 Å². The molecule has 0 saturated carbocycles. The molecule has 0 aromatic heterocycles. The standard InChI is InChI=1S/C18H16N4/c1-12-5-4-6-16(9-12)22-13(2)21(3)17-14(10-19)7-8-15(11-20)18(17)22/h4-9,13H,1-3H3/t13-/m0/s1. The largest absolute Gasteiger partial charge is 0.351 e. The Bertz CT molecular complexity index is 826. The molecule has 0 N–H and O–H groups in total. The Hall–Kier alpha value is -2.98. The van der Waals surface area contributed by atoms with Gasteiger partial charge in [-0.1, -0.05) is 12.1 Å². The number of rotatable bonds is 1. The molecule has 2 aromatic rings. The minimum absolute atomic E-state index is 0.0402. The van der Waals surface area contributed by atoms with Crippen molar-refractivity contribution in [3.05, 3.63) is 53.1 Å². The van der Waals surface area contributed by atoms with Gasteiger partial charge < -0.3 is 9.80 Å². The fourth-order valence-electron chi connectivity index (χ4n) is 3.03. The predicted octanol–water partition coefficient (Wildman–Crippen LogP) is 3.67. The van der Waals surface area contributed by atoms with Crippen LogP contribution in [0, 0.1) is 29.6 Å². The van der Waals surface area contributed by atoms with Gasteiger partial charge in [-0.25, -0.2) is 0 Å². The third kappa shape index (κ3) is 1.89. The number of aryl methyl sites for hydroxylation is 1. The molecular formula is C18H16N4. The van der Waals surface area contributed by atoms with Crippen LogP contribution in [0.2, 0.25) is 0 Å². The van der Waals surface area contributed by atoms with E-state index < -0.39 is 0 Å². The van der Waals surface area contributed by atoms with Crippen molar-refractivity contribution in [2.24, 2.45) is 0 Å². The number of nitriles is 2. The van der Waals surface area contributed by atoms with Crippen LogP contribution >= 0.6 is 0 Å². The van der Waals surface area contributed by atoms with Gasteiger partial charge in [0.1, 0.15) is 18.3 Å². The molecule has 0 spiro atoms. The monoisotopic (exact) mass is 288 g/mol. The van der Waals surface area contributed by atoms with Crippen molar-refractivity contribution in [1.82, 2.24) is 0 Å². The van der Waals surface area contributed by atoms with Gasteiger partial charge in [-0.3, -0.25) is 0 Å². The molecule has 1 atom stereocenters. The van der Waals surface area contributed by atoms with Crippen molar-refractivity contribution in [2.75, 3.05) is 16.8 Å². The van der Waals surface area contributed by atoms with E-state index in [2.05, 4.69) is 34.9 Å². The van der Waals surface area contributed by atoms with Crippen molar-refractivity contribution < 1.29 is 0 Å². The van der Waals surface area contributed by atoms with Crippen LogP contribution in [0.25, 0.3) is 0 Å². The summed E-state index contributed by atoms with van der Waals surface area (Å²) in [6.45, 7) is 4.12. The van der Waals surface area contributed by atoms with Gasteiger partial charge >= 0.3 is 0 Å². The van der Waals surface area contributed by atoms with Gasteiger partial charge in [0.2, 0.25) is 0 Å². The second-order valence-corrected chi connectivity index (χ2v) is 5.53. The molecule has 4 nitrogen and oxygen atoms in total. The molecule has 1 aliphatic heterocycles. The Morgan fingerprint density at radius 3 is 2.23 bits per heavy atom. The molecule has 0 radical (unpaired) electrons. The summed E-state index contributed by atoms with van der Waals surface area (Å²) in [5, 5.41) is 18.9. The molecule has 0 unspecified atom stereocenters. The first-order valence-electron chi connectivity index (χ1n) is 7.14. The summed E-state index contributed by atoms with van der Waals surface area (Å²) in [6.07, 6.45) is 0.0402. The number of anilines is 3. The first kappa shape index (κ1) is 14.0. The van der Waals surface area contributed by atoms with Gasteiger partial charge in [0.15, 0.2) is 0 Å². The zero-order valence-corrected chi connectivity index (χ0v) is 12.8. The van der Waals surface area contributed by atoms with Crippen LogP contribution in [-0.2, 0) is 0 Å². The zero-order chi connectivity index (χ0) is 15.9. The molecule has 3 rings (SSSR count). The second kappa shape index (κ2) is 5.09. The van der Waals surface area contributed by atoms with Crippen LogP contribution in [0.15, 0.2) is 36.4 Å².